The minimum Gasteiger partial charge on any atom is -0.495 e. The van der Waals surface area contributed by atoms with E-state index in [1.165, 1.54) is 6.20 Å². The lowest BCUT2D eigenvalue weighted by atomic mass is 10.2. The summed E-state index contributed by atoms with van der Waals surface area (Å²) in [5.41, 5.74) is 6.56. The van der Waals surface area contributed by atoms with E-state index in [1.54, 1.807) is 44.5 Å². The number of rotatable bonds is 4. The molecule has 0 aliphatic heterocycles. The molecule has 1 heterocycles. The number of nitrogens with one attached hydrogen (secondary N) is 1. The van der Waals surface area contributed by atoms with Crippen LogP contribution in [0.4, 0.5) is 5.69 Å². The van der Waals surface area contributed by atoms with Crippen LogP contribution in [-0.2, 0) is 0 Å². The average Bonchev–Trinajstić information content (AvgIpc) is 2.47. The van der Waals surface area contributed by atoms with E-state index in [1.807, 2.05) is 0 Å². The van der Waals surface area contributed by atoms with E-state index in [4.69, 9.17) is 15.2 Å². The molecule has 3 N–H and O–H groups in total. The lowest BCUT2D eigenvalue weighted by Crippen LogP contribution is -2.18. The lowest BCUT2D eigenvalue weighted by Gasteiger charge is -2.09. The highest BCUT2D eigenvalue weighted by atomic mass is 16.5. The molecule has 0 aliphatic rings. The van der Waals surface area contributed by atoms with E-state index in [9.17, 15) is 4.79 Å². The van der Waals surface area contributed by atoms with Crippen molar-refractivity contribution in [3.05, 3.63) is 42.2 Å². The Labute approximate surface area is 116 Å². The van der Waals surface area contributed by atoms with Crippen molar-refractivity contribution < 1.29 is 14.3 Å². The zero-order valence-corrected chi connectivity index (χ0v) is 11.2. The first-order chi connectivity index (χ1) is 9.63. The fourth-order valence-corrected chi connectivity index (χ4v) is 1.64. The van der Waals surface area contributed by atoms with Gasteiger partial charge in [-0.2, -0.15) is 0 Å². The van der Waals surface area contributed by atoms with Crippen LogP contribution in [0.15, 0.2) is 36.5 Å². The van der Waals surface area contributed by atoms with Crippen LogP contribution in [-0.4, -0.2) is 25.0 Å². The zero-order valence-electron chi connectivity index (χ0n) is 11.2. The smallest absolute Gasteiger partial charge is 0.269 e. The Morgan fingerprint density at radius 2 is 2.00 bits per heavy atom. The van der Waals surface area contributed by atoms with Gasteiger partial charge in [-0.15, -0.1) is 0 Å². The number of carbonyl (C=O) groups is 1. The van der Waals surface area contributed by atoms with Crippen LogP contribution in [0, 0.1) is 0 Å². The van der Waals surface area contributed by atoms with Gasteiger partial charge >= 0.3 is 0 Å². The Kier molecular flexibility index (Phi) is 4.05. The number of aromatic nitrogens is 1. The normalized spacial score (nSPS) is 9.90. The first-order valence-electron chi connectivity index (χ1n) is 5.93. The molecule has 2 aromatic rings. The molecule has 2 rings (SSSR count). The highest BCUT2D eigenvalue weighted by Gasteiger charge is 2.07. The summed E-state index contributed by atoms with van der Waals surface area (Å²) in [4.78, 5) is 15.4. The summed E-state index contributed by atoms with van der Waals surface area (Å²) in [5, 5.41) is 2.50. The van der Waals surface area contributed by atoms with E-state index in [-0.39, 0.29) is 11.6 Å². The summed E-state index contributed by atoms with van der Waals surface area (Å²) in [6.07, 6.45) is 1.51. The quantitative estimate of drug-likeness (QED) is 0.830. The number of nitrogens with two attached hydrogens (primary N) is 1. The van der Waals surface area contributed by atoms with Crippen LogP contribution in [0.1, 0.15) is 10.5 Å². The van der Waals surface area contributed by atoms with Crippen LogP contribution < -0.4 is 20.5 Å². The second-order valence-electron chi connectivity index (χ2n) is 3.96. The number of carbonyl (C=O) groups excluding carboxylic acids is 1. The van der Waals surface area contributed by atoms with Crippen LogP contribution in [0.5, 0.6) is 17.2 Å². The van der Waals surface area contributed by atoms with Crippen LogP contribution in [0.2, 0.25) is 0 Å². The molecule has 0 saturated carbocycles. The number of hydrogen-bond acceptors (Lipinski definition) is 5. The highest BCUT2D eigenvalue weighted by molar-refractivity contribution is 5.92. The van der Waals surface area contributed by atoms with Gasteiger partial charge in [0.05, 0.1) is 12.8 Å². The molecule has 0 unspecified atom stereocenters. The minimum atomic E-state index is -0.273. The molecule has 0 bridgehead atoms. The minimum absolute atomic E-state index is 0.273. The van der Waals surface area contributed by atoms with Crippen LogP contribution in [0.25, 0.3) is 0 Å². The molecule has 0 fully saturated rings. The van der Waals surface area contributed by atoms with Crippen molar-refractivity contribution in [3.8, 4) is 17.2 Å². The van der Waals surface area contributed by atoms with Crippen molar-refractivity contribution in [1.82, 2.24) is 10.3 Å². The average molecular weight is 273 g/mol. The molecule has 1 aromatic carbocycles. The van der Waals surface area contributed by atoms with Crippen LogP contribution >= 0.6 is 0 Å². The number of ether oxygens (including phenoxy) is 2. The maximum absolute atomic E-state index is 11.5. The highest BCUT2D eigenvalue weighted by Crippen LogP contribution is 2.29. The SMILES string of the molecule is CNC(=O)c1cc(Oc2ccc(OC)c(N)c2)ccn1. The van der Waals surface area contributed by atoms with Crippen molar-refractivity contribution in [3.63, 3.8) is 0 Å². The number of pyridine rings is 1. The first-order valence-corrected chi connectivity index (χ1v) is 5.93. The first kappa shape index (κ1) is 13.7. The van der Waals surface area contributed by atoms with Crippen molar-refractivity contribution in [1.29, 1.82) is 0 Å². The Hall–Kier alpha value is -2.76. The summed E-state index contributed by atoms with van der Waals surface area (Å²) < 4.78 is 10.7. The number of anilines is 1. The predicted octanol–water partition coefficient (Wildman–Crippen LogP) is 1.82. The molecule has 0 spiro atoms. The third-order valence-corrected chi connectivity index (χ3v) is 2.63. The molecule has 0 radical (unpaired) electrons. The van der Waals surface area contributed by atoms with Crippen molar-refractivity contribution >= 4 is 11.6 Å². The largest absolute Gasteiger partial charge is 0.495 e. The van der Waals surface area contributed by atoms with Gasteiger partial charge < -0.3 is 20.5 Å². The van der Waals surface area contributed by atoms with E-state index >= 15 is 0 Å². The fraction of sp³-hybridized carbons (Fsp3) is 0.143. The van der Waals surface area contributed by atoms with Gasteiger partial charge in [-0.1, -0.05) is 0 Å². The lowest BCUT2D eigenvalue weighted by molar-refractivity contribution is 0.0958. The monoisotopic (exact) mass is 273 g/mol. The van der Waals surface area contributed by atoms with E-state index in [0.717, 1.165) is 0 Å². The third kappa shape index (κ3) is 2.97. The molecule has 1 aromatic heterocycles. The van der Waals surface area contributed by atoms with E-state index in [2.05, 4.69) is 10.3 Å². The van der Waals surface area contributed by atoms with Gasteiger partial charge in [0.15, 0.2) is 0 Å². The Balaban J connectivity index is 2.21. The zero-order chi connectivity index (χ0) is 14.5. The molecular weight excluding hydrogens is 258 g/mol. The summed E-state index contributed by atoms with van der Waals surface area (Å²) in [6, 6.07) is 8.31. The Morgan fingerprint density at radius 1 is 1.25 bits per heavy atom. The van der Waals surface area contributed by atoms with Gasteiger partial charge in [-0.05, 0) is 18.2 Å². The molecule has 104 valence electrons. The van der Waals surface area contributed by atoms with Gasteiger partial charge in [0.1, 0.15) is 22.9 Å². The van der Waals surface area contributed by atoms with Gasteiger partial charge in [-0.25, -0.2) is 0 Å². The maximum Gasteiger partial charge on any atom is 0.269 e. The topological polar surface area (TPSA) is 86.5 Å². The maximum atomic E-state index is 11.5. The van der Waals surface area contributed by atoms with Crippen molar-refractivity contribution in [2.24, 2.45) is 0 Å². The molecule has 6 heteroatoms. The van der Waals surface area contributed by atoms with E-state index in [0.29, 0.717) is 22.9 Å². The molecule has 0 aliphatic carbocycles. The summed E-state index contributed by atoms with van der Waals surface area (Å²) in [6.45, 7) is 0. The van der Waals surface area contributed by atoms with Gasteiger partial charge in [0.2, 0.25) is 0 Å². The number of methoxy groups -OCH3 is 1. The fourth-order valence-electron chi connectivity index (χ4n) is 1.64. The van der Waals surface area contributed by atoms with E-state index < -0.39 is 0 Å². The predicted molar refractivity (Wildman–Crippen MR) is 75.1 cm³/mol. The summed E-state index contributed by atoms with van der Waals surface area (Å²) >= 11 is 0. The Bertz CT molecular complexity index is 629. The number of hydrogen-bond donors (Lipinski definition) is 2. The van der Waals surface area contributed by atoms with Crippen molar-refractivity contribution in [2.45, 2.75) is 0 Å². The van der Waals surface area contributed by atoms with Gasteiger partial charge in [0, 0.05) is 25.4 Å². The van der Waals surface area contributed by atoms with Gasteiger partial charge in [-0.3, -0.25) is 9.78 Å². The Morgan fingerprint density at radius 3 is 2.65 bits per heavy atom. The number of nitrogen functional groups attached to an aromatic ring is 1. The molecule has 0 atom stereocenters. The molecule has 1 amide bonds. The standard InChI is InChI=1S/C14H15N3O3/c1-16-14(18)12-8-10(5-6-17-12)20-9-3-4-13(19-2)11(15)7-9/h3-8H,15H2,1-2H3,(H,16,18). The number of nitrogens with zero attached hydrogens (tertiary/aromatic N) is 1. The third-order valence-electron chi connectivity index (χ3n) is 2.63. The van der Waals surface area contributed by atoms with Crippen LogP contribution in [0.3, 0.4) is 0 Å². The molecule has 20 heavy (non-hydrogen) atoms. The molecule has 0 saturated heterocycles. The summed E-state index contributed by atoms with van der Waals surface area (Å²) in [7, 11) is 3.09. The van der Waals surface area contributed by atoms with Gasteiger partial charge in [0.25, 0.3) is 5.91 Å². The number of amides is 1. The second-order valence-corrected chi connectivity index (χ2v) is 3.96. The molecular formula is C14H15N3O3. The second kappa shape index (κ2) is 5.92. The van der Waals surface area contributed by atoms with Crippen molar-refractivity contribution in [2.75, 3.05) is 19.9 Å². The summed E-state index contributed by atoms with van der Waals surface area (Å²) in [5.74, 6) is 1.36. The number of benzene rings is 1. The molecule has 6 nitrogen and oxygen atoms in total.